The van der Waals surface area contributed by atoms with E-state index in [4.69, 9.17) is 14.2 Å². The third-order valence-corrected chi connectivity index (χ3v) is 6.64. The van der Waals surface area contributed by atoms with Gasteiger partial charge in [-0.1, -0.05) is 18.2 Å². The molecule has 0 saturated carbocycles. The van der Waals surface area contributed by atoms with Crippen LogP contribution < -0.4 is 4.74 Å². The molecule has 0 aliphatic carbocycles. The maximum Gasteiger partial charge on any atom is 0.162 e. The molecule has 1 heterocycles. The molecule has 0 spiro atoms. The summed E-state index contributed by atoms with van der Waals surface area (Å²) in [5.41, 5.74) is 0. The van der Waals surface area contributed by atoms with E-state index in [2.05, 4.69) is 36.4 Å². The summed E-state index contributed by atoms with van der Waals surface area (Å²) in [7, 11) is 2.10. The molecule has 4 heteroatoms. The molecule has 0 atom stereocenters. The molecule has 2 aromatic rings. The van der Waals surface area contributed by atoms with Crippen molar-refractivity contribution in [1.29, 1.82) is 0 Å². The van der Waals surface area contributed by atoms with E-state index in [0.717, 1.165) is 5.75 Å². The van der Waals surface area contributed by atoms with Gasteiger partial charge in [0.2, 0.25) is 0 Å². The first-order chi connectivity index (χ1) is 11.4. The fraction of sp³-hybridized carbons (Fsp3) is 0.474. The number of ether oxygens (including phenoxy) is 3. The summed E-state index contributed by atoms with van der Waals surface area (Å²) in [5.74, 6) is 3.65. The van der Waals surface area contributed by atoms with Crippen LogP contribution in [0.15, 0.2) is 41.3 Å². The van der Waals surface area contributed by atoms with Gasteiger partial charge in [0.15, 0.2) is 4.90 Å². The van der Waals surface area contributed by atoms with Gasteiger partial charge in [-0.25, -0.2) is 0 Å². The maximum absolute atomic E-state index is 5.95. The van der Waals surface area contributed by atoms with Crippen LogP contribution in [0.1, 0.15) is 12.8 Å². The molecule has 0 radical (unpaired) electrons. The molecular formula is C19H25O3S+. The highest BCUT2D eigenvalue weighted by molar-refractivity contribution is 7.97. The lowest BCUT2D eigenvalue weighted by molar-refractivity contribution is 0.0547. The summed E-state index contributed by atoms with van der Waals surface area (Å²) in [6.45, 7) is 2.39. The molecule has 23 heavy (non-hydrogen) atoms. The lowest BCUT2D eigenvalue weighted by Gasteiger charge is -2.12. The summed E-state index contributed by atoms with van der Waals surface area (Å²) in [5, 5.41) is 2.58. The van der Waals surface area contributed by atoms with Gasteiger partial charge in [-0.2, -0.15) is 0 Å². The highest BCUT2D eigenvalue weighted by atomic mass is 32.2. The molecule has 124 valence electrons. The molecule has 0 bridgehead atoms. The van der Waals surface area contributed by atoms with Gasteiger partial charge in [0, 0.05) is 28.8 Å². The zero-order chi connectivity index (χ0) is 15.9. The Morgan fingerprint density at radius 1 is 0.870 bits per heavy atom. The first kappa shape index (κ1) is 16.6. The van der Waals surface area contributed by atoms with Crippen molar-refractivity contribution < 1.29 is 14.2 Å². The monoisotopic (exact) mass is 333 g/mol. The van der Waals surface area contributed by atoms with Crippen LogP contribution in [0.3, 0.4) is 0 Å². The second-order valence-corrected chi connectivity index (χ2v) is 7.91. The number of methoxy groups -OCH3 is 1. The van der Waals surface area contributed by atoms with Crippen molar-refractivity contribution in [2.75, 3.05) is 45.0 Å². The van der Waals surface area contributed by atoms with Crippen molar-refractivity contribution in [3.63, 3.8) is 0 Å². The average Bonchev–Trinajstić information content (AvgIpc) is 3.12. The molecule has 3 rings (SSSR count). The Balaban J connectivity index is 1.70. The molecule has 0 aromatic heterocycles. The van der Waals surface area contributed by atoms with Crippen LogP contribution in [0.5, 0.6) is 5.75 Å². The van der Waals surface area contributed by atoms with Gasteiger partial charge in [0.1, 0.15) is 23.9 Å². The zero-order valence-corrected chi connectivity index (χ0v) is 14.6. The highest BCUT2D eigenvalue weighted by Gasteiger charge is 2.29. The van der Waals surface area contributed by atoms with E-state index in [1.54, 1.807) is 7.11 Å². The van der Waals surface area contributed by atoms with Crippen LogP contribution >= 0.6 is 0 Å². The maximum atomic E-state index is 5.95. The number of hydrogen-bond acceptors (Lipinski definition) is 3. The van der Waals surface area contributed by atoms with Gasteiger partial charge < -0.3 is 14.2 Å². The van der Waals surface area contributed by atoms with Gasteiger partial charge in [-0.15, -0.1) is 0 Å². The van der Waals surface area contributed by atoms with Crippen molar-refractivity contribution in [1.82, 2.24) is 0 Å². The van der Waals surface area contributed by atoms with Crippen molar-refractivity contribution >= 4 is 21.7 Å². The molecule has 1 aliphatic heterocycles. The summed E-state index contributed by atoms with van der Waals surface area (Å²) in [4.78, 5) is 1.52. The first-order valence-corrected chi connectivity index (χ1v) is 9.85. The predicted molar refractivity (Wildman–Crippen MR) is 96.7 cm³/mol. The van der Waals surface area contributed by atoms with Crippen LogP contribution in [0.2, 0.25) is 0 Å². The molecule has 1 fully saturated rings. The Morgan fingerprint density at radius 3 is 2.39 bits per heavy atom. The number of fused-ring (bicyclic) bond motifs is 1. The van der Waals surface area contributed by atoms with Crippen LogP contribution in [0.4, 0.5) is 0 Å². The van der Waals surface area contributed by atoms with Crippen LogP contribution in [0.25, 0.3) is 10.8 Å². The van der Waals surface area contributed by atoms with Gasteiger partial charge >= 0.3 is 0 Å². The quantitative estimate of drug-likeness (QED) is 0.545. The standard InChI is InChI=1S/C19H25O3S/c1-20-10-11-21-12-13-22-18-8-9-19(23-14-4-5-15-23)17-7-3-2-6-16(17)18/h2-3,6-9H,4-5,10-15H2,1H3/q+1. The Kier molecular flexibility index (Phi) is 6.20. The first-order valence-electron chi connectivity index (χ1n) is 8.29. The van der Waals surface area contributed by atoms with Gasteiger partial charge in [0.25, 0.3) is 0 Å². The van der Waals surface area contributed by atoms with Gasteiger partial charge in [-0.3, -0.25) is 0 Å². The van der Waals surface area contributed by atoms with E-state index in [1.165, 1.54) is 40.0 Å². The Hall–Kier alpha value is -1.23. The lowest BCUT2D eigenvalue weighted by atomic mass is 10.1. The normalized spacial score (nSPS) is 15.3. The van der Waals surface area contributed by atoms with Crippen molar-refractivity contribution in [3.05, 3.63) is 36.4 Å². The molecule has 3 nitrogen and oxygen atoms in total. The lowest BCUT2D eigenvalue weighted by Crippen LogP contribution is -2.10. The Bertz CT molecular complexity index is 623. The third kappa shape index (κ3) is 4.19. The van der Waals surface area contributed by atoms with E-state index >= 15 is 0 Å². The van der Waals surface area contributed by atoms with E-state index in [1.807, 2.05) is 0 Å². The average molecular weight is 333 g/mol. The van der Waals surface area contributed by atoms with Crippen molar-refractivity contribution in [2.24, 2.45) is 0 Å². The number of hydrogen-bond donors (Lipinski definition) is 0. The highest BCUT2D eigenvalue weighted by Crippen LogP contribution is 2.34. The van der Waals surface area contributed by atoms with Crippen molar-refractivity contribution in [3.8, 4) is 5.75 Å². The molecule has 1 saturated heterocycles. The minimum atomic E-state index is 0.421. The minimum absolute atomic E-state index is 0.421. The largest absolute Gasteiger partial charge is 0.491 e. The Labute approximate surface area is 141 Å². The van der Waals surface area contributed by atoms with Crippen LogP contribution in [-0.2, 0) is 20.4 Å². The van der Waals surface area contributed by atoms with E-state index < -0.39 is 0 Å². The second kappa shape index (κ2) is 8.57. The number of rotatable bonds is 8. The minimum Gasteiger partial charge on any atom is -0.491 e. The second-order valence-electron chi connectivity index (χ2n) is 5.67. The smallest absolute Gasteiger partial charge is 0.162 e. The molecule has 2 aromatic carbocycles. The van der Waals surface area contributed by atoms with E-state index in [0.29, 0.717) is 37.3 Å². The van der Waals surface area contributed by atoms with Gasteiger partial charge in [-0.05, 0) is 31.0 Å². The predicted octanol–water partition coefficient (Wildman–Crippen LogP) is 3.65. The Morgan fingerprint density at radius 2 is 1.61 bits per heavy atom. The van der Waals surface area contributed by atoms with E-state index in [-0.39, 0.29) is 0 Å². The zero-order valence-electron chi connectivity index (χ0n) is 13.8. The van der Waals surface area contributed by atoms with Crippen molar-refractivity contribution in [2.45, 2.75) is 17.7 Å². The van der Waals surface area contributed by atoms with Crippen LogP contribution in [-0.4, -0.2) is 45.0 Å². The summed E-state index contributed by atoms with van der Waals surface area (Å²) in [6.07, 6.45) is 2.74. The van der Waals surface area contributed by atoms with Gasteiger partial charge in [0.05, 0.1) is 19.8 Å². The molecule has 0 N–H and O–H groups in total. The molecular weight excluding hydrogens is 308 g/mol. The fourth-order valence-electron chi connectivity index (χ4n) is 2.95. The molecule has 1 aliphatic rings. The van der Waals surface area contributed by atoms with Crippen LogP contribution in [0, 0.1) is 0 Å². The SMILES string of the molecule is COCCOCCOc1ccc([S+]2CCCC2)c2ccccc12. The third-order valence-electron chi connectivity index (χ3n) is 4.10. The van der Waals surface area contributed by atoms with E-state index in [9.17, 15) is 0 Å². The molecule has 0 unspecified atom stereocenters. The fourth-order valence-corrected chi connectivity index (χ4v) is 5.45. The number of benzene rings is 2. The molecule has 0 amide bonds. The summed E-state index contributed by atoms with van der Waals surface area (Å²) < 4.78 is 16.4. The summed E-state index contributed by atoms with van der Waals surface area (Å²) in [6, 6.07) is 13.0. The topological polar surface area (TPSA) is 27.7 Å². The summed E-state index contributed by atoms with van der Waals surface area (Å²) >= 11 is 0.